The zero-order valence-electron chi connectivity index (χ0n) is 19.4. The molecule has 11 N–H and O–H groups in total. The monoisotopic (exact) mass is 488 g/mol. The minimum Gasteiger partial charge on any atom is -0.481 e. The Kier molecular flexibility index (Phi) is 14.1. The number of unbranched alkanes of at least 4 members (excludes halogenated alkanes) is 1. The molecule has 14 heteroatoms. The van der Waals surface area contributed by atoms with Crippen molar-refractivity contribution in [3.8, 4) is 0 Å². The predicted octanol–water partition coefficient (Wildman–Crippen LogP) is -2.62. The van der Waals surface area contributed by atoms with E-state index in [0.29, 0.717) is 19.4 Å². The van der Waals surface area contributed by atoms with Crippen LogP contribution in [-0.4, -0.2) is 76.5 Å². The van der Waals surface area contributed by atoms with E-state index < -0.39 is 72.1 Å². The second-order valence-electron chi connectivity index (χ2n) is 8.18. The summed E-state index contributed by atoms with van der Waals surface area (Å²) in [5.41, 5.74) is 16.2. The van der Waals surface area contributed by atoms with Crippen LogP contribution in [0.15, 0.2) is 0 Å². The smallest absolute Gasteiger partial charge is 0.326 e. The van der Waals surface area contributed by atoms with Gasteiger partial charge in [-0.2, -0.15) is 0 Å². The highest BCUT2D eigenvalue weighted by molar-refractivity contribution is 5.95. The van der Waals surface area contributed by atoms with Gasteiger partial charge in [0.25, 0.3) is 0 Å². The Hall–Kier alpha value is -3.26. The molecular weight excluding hydrogens is 452 g/mol. The van der Waals surface area contributed by atoms with Gasteiger partial charge in [0.2, 0.25) is 23.6 Å². The van der Waals surface area contributed by atoms with Gasteiger partial charge in [-0.3, -0.25) is 24.0 Å². The van der Waals surface area contributed by atoms with Gasteiger partial charge in [0.15, 0.2) is 0 Å². The van der Waals surface area contributed by atoms with Crippen LogP contribution < -0.4 is 33.2 Å². The fraction of sp³-hybridized carbons (Fsp3) is 0.700. The molecule has 194 valence electrons. The molecule has 4 amide bonds. The molecule has 4 unspecified atom stereocenters. The number of aliphatic carboxylic acids is 2. The van der Waals surface area contributed by atoms with Crippen molar-refractivity contribution in [2.24, 2.45) is 23.1 Å². The number of nitrogens with one attached hydrogen (secondary N) is 3. The Morgan fingerprint density at radius 1 is 0.824 bits per heavy atom. The lowest BCUT2D eigenvalue weighted by atomic mass is 10.0. The van der Waals surface area contributed by atoms with Crippen molar-refractivity contribution in [1.82, 2.24) is 16.0 Å². The summed E-state index contributed by atoms with van der Waals surface area (Å²) >= 11 is 0. The van der Waals surface area contributed by atoms with Crippen LogP contribution in [0.5, 0.6) is 0 Å². The molecule has 4 atom stereocenters. The molecule has 0 aromatic carbocycles. The van der Waals surface area contributed by atoms with E-state index in [9.17, 15) is 33.9 Å². The first-order valence-electron chi connectivity index (χ1n) is 10.9. The Morgan fingerprint density at radius 2 is 1.41 bits per heavy atom. The summed E-state index contributed by atoms with van der Waals surface area (Å²) in [4.78, 5) is 71.0. The van der Waals surface area contributed by atoms with E-state index in [1.54, 1.807) is 13.8 Å². The largest absolute Gasteiger partial charge is 0.481 e. The lowest BCUT2D eigenvalue weighted by Crippen LogP contribution is -2.58. The second kappa shape index (κ2) is 15.6. The number of hydrogen-bond acceptors (Lipinski definition) is 8. The molecule has 0 aromatic rings. The third-order valence-electron chi connectivity index (χ3n) is 4.85. The maximum atomic E-state index is 12.9. The topological polar surface area (TPSA) is 257 Å². The van der Waals surface area contributed by atoms with Crippen LogP contribution >= 0.6 is 0 Å². The van der Waals surface area contributed by atoms with Crippen molar-refractivity contribution in [1.29, 1.82) is 0 Å². The highest BCUT2D eigenvalue weighted by Crippen LogP contribution is 2.08. The molecule has 0 rings (SSSR count). The Labute approximate surface area is 197 Å². The Balaban J connectivity index is 5.42. The molecule has 0 heterocycles. The zero-order valence-corrected chi connectivity index (χ0v) is 19.4. The summed E-state index contributed by atoms with van der Waals surface area (Å²) in [5.74, 6) is -6.30. The average molecular weight is 489 g/mol. The standard InChI is InChI=1S/C20H36N6O8/c1-10(2)16(19(32)25-13(20(33)34)9-14(23)27)26-18(31)12(5-3-4-8-21)24-17(30)11(22)6-7-15(28)29/h10-13,16H,3-9,21-22H2,1-2H3,(H2,23,27)(H,24,30)(H,25,32)(H,26,31)(H,28,29)(H,33,34). The first-order valence-corrected chi connectivity index (χ1v) is 10.9. The van der Waals surface area contributed by atoms with E-state index in [-0.39, 0.29) is 19.3 Å². The first kappa shape index (κ1) is 30.7. The molecule has 0 spiro atoms. The van der Waals surface area contributed by atoms with Gasteiger partial charge in [0, 0.05) is 6.42 Å². The maximum Gasteiger partial charge on any atom is 0.326 e. The minimum atomic E-state index is -1.57. The number of carbonyl (C=O) groups is 6. The van der Waals surface area contributed by atoms with Gasteiger partial charge in [-0.05, 0) is 38.1 Å². The Bertz CT molecular complexity index is 745. The van der Waals surface area contributed by atoms with Gasteiger partial charge >= 0.3 is 11.9 Å². The number of nitrogens with two attached hydrogens (primary N) is 3. The number of primary amides is 1. The maximum absolute atomic E-state index is 12.9. The van der Waals surface area contributed by atoms with Gasteiger partial charge < -0.3 is 43.4 Å². The molecule has 0 aliphatic rings. The van der Waals surface area contributed by atoms with Crippen LogP contribution in [0.2, 0.25) is 0 Å². The van der Waals surface area contributed by atoms with E-state index in [4.69, 9.17) is 22.3 Å². The van der Waals surface area contributed by atoms with Gasteiger partial charge in [-0.1, -0.05) is 13.8 Å². The molecule has 0 saturated carbocycles. The van der Waals surface area contributed by atoms with Gasteiger partial charge in [0.05, 0.1) is 12.5 Å². The summed E-state index contributed by atoms with van der Waals surface area (Å²) in [6, 6.07) is -5.01. The second-order valence-corrected chi connectivity index (χ2v) is 8.18. The Morgan fingerprint density at radius 3 is 1.88 bits per heavy atom. The highest BCUT2D eigenvalue weighted by atomic mass is 16.4. The van der Waals surface area contributed by atoms with E-state index >= 15 is 0 Å². The van der Waals surface area contributed by atoms with E-state index in [1.165, 1.54) is 0 Å². The highest BCUT2D eigenvalue weighted by Gasteiger charge is 2.32. The van der Waals surface area contributed by atoms with Crippen LogP contribution in [0.25, 0.3) is 0 Å². The van der Waals surface area contributed by atoms with Gasteiger partial charge in [-0.15, -0.1) is 0 Å². The SMILES string of the molecule is CC(C)C(NC(=O)C(CCCCN)NC(=O)C(N)CCC(=O)O)C(=O)NC(CC(N)=O)C(=O)O. The van der Waals surface area contributed by atoms with Crippen molar-refractivity contribution in [3.63, 3.8) is 0 Å². The number of hydrogen-bond donors (Lipinski definition) is 8. The van der Waals surface area contributed by atoms with Crippen molar-refractivity contribution in [3.05, 3.63) is 0 Å². The fourth-order valence-corrected chi connectivity index (χ4v) is 2.90. The molecule has 0 aliphatic carbocycles. The molecular formula is C20H36N6O8. The first-order chi connectivity index (χ1) is 15.8. The lowest BCUT2D eigenvalue weighted by molar-refractivity contribution is -0.144. The molecule has 0 aromatic heterocycles. The van der Waals surface area contributed by atoms with E-state index in [2.05, 4.69) is 16.0 Å². The van der Waals surface area contributed by atoms with Crippen molar-refractivity contribution in [2.75, 3.05) is 6.54 Å². The molecule has 14 nitrogen and oxygen atoms in total. The number of rotatable bonds is 17. The third kappa shape index (κ3) is 12.1. The van der Waals surface area contributed by atoms with Gasteiger partial charge in [0.1, 0.15) is 18.1 Å². The summed E-state index contributed by atoms with van der Waals surface area (Å²) < 4.78 is 0. The predicted molar refractivity (Wildman–Crippen MR) is 120 cm³/mol. The summed E-state index contributed by atoms with van der Waals surface area (Å²) in [6.07, 6.45) is 0.109. The number of carbonyl (C=O) groups excluding carboxylic acids is 4. The van der Waals surface area contributed by atoms with Crippen molar-refractivity contribution in [2.45, 2.75) is 76.5 Å². The zero-order chi connectivity index (χ0) is 26.4. The van der Waals surface area contributed by atoms with E-state index in [1.807, 2.05) is 0 Å². The number of carboxylic acid groups (broad SMARTS) is 2. The molecule has 0 saturated heterocycles. The van der Waals surface area contributed by atoms with Crippen LogP contribution in [0, 0.1) is 5.92 Å². The van der Waals surface area contributed by atoms with Crippen LogP contribution in [0.1, 0.15) is 52.4 Å². The third-order valence-corrected chi connectivity index (χ3v) is 4.85. The molecule has 0 bridgehead atoms. The lowest BCUT2D eigenvalue weighted by Gasteiger charge is -2.27. The molecule has 0 aliphatic heterocycles. The summed E-state index contributed by atoms with van der Waals surface area (Å²) in [5, 5.41) is 25.1. The minimum absolute atomic E-state index is 0.133. The van der Waals surface area contributed by atoms with Crippen molar-refractivity contribution >= 4 is 35.6 Å². The average Bonchev–Trinajstić information content (AvgIpc) is 2.73. The summed E-state index contributed by atoms with van der Waals surface area (Å²) in [7, 11) is 0. The molecule has 34 heavy (non-hydrogen) atoms. The van der Waals surface area contributed by atoms with Crippen LogP contribution in [-0.2, 0) is 28.8 Å². The quantitative estimate of drug-likeness (QED) is 0.0988. The molecule has 0 radical (unpaired) electrons. The summed E-state index contributed by atoms with van der Waals surface area (Å²) in [6.45, 7) is 3.57. The number of amides is 4. The van der Waals surface area contributed by atoms with Crippen LogP contribution in [0.4, 0.5) is 0 Å². The number of carboxylic acids is 2. The van der Waals surface area contributed by atoms with Gasteiger partial charge in [-0.25, -0.2) is 4.79 Å². The van der Waals surface area contributed by atoms with Crippen molar-refractivity contribution < 1.29 is 39.0 Å². The molecule has 0 fully saturated rings. The van der Waals surface area contributed by atoms with Crippen LogP contribution in [0.3, 0.4) is 0 Å². The van der Waals surface area contributed by atoms with E-state index in [0.717, 1.165) is 0 Å². The fourth-order valence-electron chi connectivity index (χ4n) is 2.90. The normalized spacial score (nSPS) is 14.4.